The molecule has 0 atom stereocenters. The molecule has 0 amide bonds. The summed E-state index contributed by atoms with van der Waals surface area (Å²) in [6.45, 7) is 5.97. The smallest absolute Gasteiger partial charge is 0.206 e. The normalized spacial score (nSPS) is 14.4. The summed E-state index contributed by atoms with van der Waals surface area (Å²) >= 11 is 0. The van der Waals surface area contributed by atoms with Gasteiger partial charge in [-0.15, -0.1) is 0 Å². The Labute approximate surface area is 175 Å². The molecule has 0 aromatic heterocycles. The maximum absolute atomic E-state index is 12.3. The van der Waals surface area contributed by atoms with Gasteiger partial charge >= 0.3 is 0 Å². The van der Waals surface area contributed by atoms with Crippen molar-refractivity contribution in [2.24, 2.45) is 15.3 Å². The van der Waals surface area contributed by atoms with Crippen molar-refractivity contribution in [2.75, 3.05) is 5.43 Å². The van der Waals surface area contributed by atoms with Gasteiger partial charge in [0, 0.05) is 5.56 Å². The molecule has 0 saturated carbocycles. The van der Waals surface area contributed by atoms with Gasteiger partial charge < -0.3 is 0 Å². The average molecular weight is 394 g/mol. The number of rotatable bonds is 4. The summed E-state index contributed by atoms with van der Waals surface area (Å²) in [4.78, 5) is 12.3. The number of carbonyl (C=O) groups is 1. The number of ketones is 1. The highest BCUT2D eigenvalue weighted by atomic mass is 16.1. The number of nitrogens with one attached hydrogen (secondary N) is 1. The van der Waals surface area contributed by atoms with Crippen molar-refractivity contribution in [1.82, 2.24) is 0 Å². The maximum Gasteiger partial charge on any atom is 0.206 e. The van der Waals surface area contributed by atoms with Crippen molar-refractivity contribution in [1.29, 1.82) is 0 Å². The number of allylic oxidation sites excluding steroid dienone is 1. The molecule has 30 heavy (non-hydrogen) atoms. The maximum atomic E-state index is 12.3. The fraction of sp³-hybridized carbons (Fsp3) is 0.120. The number of azo groups is 1. The summed E-state index contributed by atoms with van der Waals surface area (Å²) in [6.07, 6.45) is 3.37. The van der Waals surface area contributed by atoms with Gasteiger partial charge in [0.05, 0.1) is 17.1 Å². The van der Waals surface area contributed by atoms with Crippen molar-refractivity contribution in [2.45, 2.75) is 20.8 Å². The molecular formula is C25H22N4O. The molecule has 5 heteroatoms. The Morgan fingerprint density at radius 3 is 2.30 bits per heavy atom. The number of carbonyl (C=O) groups excluding carboxylic acids is 1. The fourth-order valence-electron chi connectivity index (χ4n) is 3.28. The zero-order chi connectivity index (χ0) is 21.1. The molecular weight excluding hydrogens is 372 g/mol. The lowest BCUT2D eigenvalue weighted by atomic mass is 9.95. The molecule has 148 valence electrons. The van der Waals surface area contributed by atoms with E-state index in [0.717, 1.165) is 44.9 Å². The molecule has 1 aliphatic carbocycles. The Bertz CT molecular complexity index is 1220. The second-order valence-corrected chi connectivity index (χ2v) is 7.30. The SMILES string of the molecule is Cc1ccccc1/N=N/c1cc(C)c(N/N=C2\C(=O)C=Cc3ccccc32)cc1C. The van der Waals surface area contributed by atoms with Crippen LogP contribution in [0.2, 0.25) is 0 Å². The predicted molar refractivity (Wildman–Crippen MR) is 122 cm³/mol. The predicted octanol–water partition coefficient (Wildman–Crippen LogP) is 6.44. The first-order valence-electron chi connectivity index (χ1n) is 9.77. The first-order chi connectivity index (χ1) is 14.5. The Kier molecular flexibility index (Phi) is 5.35. The van der Waals surface area contributed by atoms with Crippen LogP contribution in [-0.4, -0.2) is 11.5 Å². The lowest BCUT2D eigenvalue weighted by molar-refractivity contribution is -0.108. The van der Waals surface area contributed by atoms with E-state index in [1.165, 1.54) is 0 Å². The fourth-order valence-corrected chi connectivity index (χ4v) is 3.28. The van der Waals surface area contributed by atoms with E-state index in [9.17, 15) is 4.79 Å². The van der Waals surface area contributed by atoms with Crippen LogP contribution in [0.25, 0.3) is 6.08 Å². The minimum absolute atomic E-state index is 0.112. The molecule has 0 bridgehead atoms. The molecule has 0 saturated heterocycles. The first-order valence-corrected chi connectivity index (χ1v) is 9.77. The van der Waals surface area contributed by atoms with Crippen LogP contribution in [0, 0.1) is 20.8 Å². The second kappa shape index (κ2) is 8.25. The second-order valence-electron chi connectivity index (χ2n) is 7.30. The Balaban J connectivity index is 1.60. The molecule has 0 fully saturated rings. The molecule has 3 aromatic rings. The summed E-state index contributed by atoms with van der Waals surface area (Å²) in [5.74, 6) is -0.112. The Morgan fingerprint density at radius 1 is 0.733 bits per heavy atom. The third kappa shape index (κ3) is 3.96. The number of fused-ring (bicyclic) bond motifs is 1. The number of benzene rings is 3. The van der Waals surface area contributed by atoms with Gasteiger partial charge in [-0.2, -0.15) is 15.3 Å². The quantitative estimate of drug-likeness (QED) is 0.409. The van der Waals surface area contributed by atoms with E-state index < -0.39 is 0 Å². The van der Waals surface area contributed by atoms with Crippen molar-refractivity contribution in [3.05, 3.63) is 94.6 Å². The molecule has 3 aromatic carbocycles. The van der Waals surface area contributed by atoms with E-state index in [1.54, 1.807) is 6.08 Å². The topological polar surface area (TPSA) is 66.2 Å². The van der Waals surface area contributed by atoms with Crippen LogP contribution in [0.3, 0.4) is 0 Å². The number of nitrogens with zero attached hydrogens (tertiary/aromatic N) is 3. The highest BCUT2D eigenvalue weighted by Gasteiger charge is 2.18. The monoisotopic (exact) mass is 394 g/mol. The summed E-state index contributed by atoms with van der Waals surface area (Å²) in [7, 11) is 0. The number of hydrogen-bond donors (Lipinski definition) is 1. The van der Waals surface area contributed by atoms with Gasteiger partial charge in [-0.25, -0.2) is 0 Å². The van der Waals surface area contributed by atoms with Crippen molar-refractivity contribution in [3.8, 4) is 0 Å². The van der Waals surface area contributed by atoms with Gasteiger partial charge in [-0.05, 0) is 67.3 Å². The third-order valence-electron chi connectivity index (χ3n) is 5.08. The van der Waals surface area contributed by atoms with E-state index in [-0.39, 0.29) is 5.78 Å². The minimum Gasteiger partial charge on any atom is -0.287 e. The number of aryl methyl sites for hydroxylation is 3. The van der Waals surface area contributed by atoms with E-state index in [4.69, 9.17) is 0 Å². The molecule has 4 rings (SSSR count). The van der Waals surface area contributed by atoms with Gasteiger partial charge in [-0.3, -0.25) is 10.2 Å². The average Bonchev–Trinajstić information content (AvgIpc) is 2.75. The highest BCUT2D eigenvalue weighted by Crippen LogP contribution is 2.29. The highest BCUT2D eigenvalue weighted by molar-refractivity contribution is 6.52. The van der Waals surface area contributed by atoms with Gasteiger partial charge in [0.15, 0.2) is 0 Å². The molecule has 0 heterocycles. The molecule has 0 radical (unpaired) electrons. The van der Waals surface area contributed by atoms with Crippen molar-refractivity contribution in [3.63, 3.8) is 0 Å². The third-order valence-corrected chi connectivity index (χ3v) is 5.08. The molecule has 5 nitrogen and oxygen atoms in total. The van der Waals surface area contributed by atoms with Crippen LogP contribution in [0.4, 0.5) is 17.1 Å². The number of hydrogen-bond acceptors (Lipinski definition) is 5. The Hall–Kier alpha value is -3.86. The summed E-state index contributed by atoms with van der Waals surface area (Å²) < 4.78 is 0. The zero-order valence-electron chi connectivity index (χ0n) is 17.2. The van der Waals surface area contributed by atoms with Crippen LogP contribution in [0.1, 0.15) is 27.8 Å². The van der Waals surface area contributed by atoms with E-state index >= 15 is 0 Å². The van der Waals surface area contributed by atoms with Crippen molar-refractivity contribution >= 4 is 34.6 Å². The van der Waals surface area contributed by atoms with E-state index in [0.29, 0.717) is 5.71 Å². The first kappa shape index (κ1) is 19.5. The minimum atomic E-state index is -0.112. The molecule has 1 N–H and O–H groups in total. The van der Waals surface area contributed by atoms with E-state index in [2.05, 4.69) is 20.8 Å². The summed E-state index contributed by atoms with van der Waals surface area (Å²) in [5.41, 5.74) is 10.8. The summed E-state index contributed by atoms with van der Waals surface area (Å²) in [6, 6.07) is 19.6. The van der Waals surface area contributed by atoms with Crippen LogP contribution in [-0.2, 0) is 4.79 Å². The van der Waals surface area contributed by atoms with Gasteiger partial charge in [0.2, 0.25) is 5.78 Å². The van der Waals surface area contributed by atoms with Crippen LogP contribution >= 0.6 is 0 Å². The Morgan fingerprint density at radius 2 is 1.47 bits per heavy atom. The van der Waals surface area contributed by atoms with Gasteiger partial charge in [-0.1, -0.05) is 48.5 Å². The molecule has 1 aliphatic rings. The van der Waals surface area contributed by atoms with Crippen LogP contribution < -0.4 is 5.43 Å². The lowest BCUT2D eigenvalue weighted by Gasteiger charge is -2.13. The number of anilines is 1. The lowest BCUT2D eigenvalue weighted by Crippen LogP contribution is -2.19. The zero-order valence-corrected chi connectivity index (χ0v) is 17.2. The molecule has 0 unspecified atom stereocenters. The standard InChI is InChI=1S/C25H22N4O/c1-16-8-4-7-11-21(16)26-27-22-14-18(3)23(15-17(22)2)28-29-25-20-10-6-5-9-19(20)12-13-24(25)30/h4-15,28H,1-3H3/b27-26+,29-25-. The van der Waals surface area contributed by atoms with Gasteiger partial charge in [0.1, 0.15) is 5.71 Å². The van der Waals surface area contributed by atoms with E-state index in [1.807, 2.05) is 87.5 Å². The van der Waals surface area contributed by atoms with Crippen molar-refractivity contribution < 1.29 is 4.79 Å². The largest absolute Gasteiger partial charge is 0.287 e. The molecule has 0 spiro atoms. The van der Waals surface area contributed by atoms with Gasteiger partial charge in [0.25, 0.3) is 0 Å². The summed E-state index contributed by atoms with van der Waals surface area (Å²) in [5, 5.41) is 13.2. The van der Waals surface area contributed by atoms with Crippen LogP contribution in [0.15, 0.2) is 82.1 Å². The molecule has 0 aliphatic heterocycles. The number of hydrazone groups is 1. The van der Waals surface area contributed by atoms with Crippen LogP contribution in [0.5, 0.6) is 0 Å².